The molecule has 2 aliphatic rings. The highest BCUT2D eigenvalue weighted by Crippen LogP contribution is 2.33. The zero-order valence-electron chi connectivity index (χ0n) is 17.7. The summed E-state index contributed by atoms with van der Waals surface area (Å²) < 4.78 is 7.32. The molecule has 2 N–H and O–H groups in total. The number of ether oxygens (including phenoxy) is 1. The lowest BCUT2D eigenvalue weighted by molar-refractivity contribution is -0.128. The highest BCUT2D eigenvalue weighted by Gasteiger charge is 2.37. The number of carbonyl (C=O) groups excluding carboxylic acids is 1. The van der Waals surface area contributed by atoms with Crippen LogP contribution in [-0.4, -0.2) is 61.6 Å². The number of nitrogens with zero attached hydrogens (tertiary/aromatic N) is 5. The van der Waals surface area contributed by atoms with Crippen LogP contribution in [0.3, 0.4) is 0 Å². The van der Waals surface area contributed by atoms with Crippen molar-refractivity contribution in [2.45, 2.75) is 58.7 Å². The maximum Gasteiger partial charge on any atom is 0.223 e. The zero-order chi connectivity index (χ0) is 20.5. The molecule has 2 aromatic rings. The molecule has 0 bridgehead atoms. The minimum Gasteiger partial charge on any atom is -0.381 e. The molecule has 2 fully saturated rings. The van der Waals surface area contributed by atoms with Crippen molar-refractivity contribution >= 4 is 5.91 Å². The molecule has 158 valence electrons. The predicted molar refractivity (Wildman–Crippen MR) is 107 cm³/mol. The van der Waals surface area contributed by atoms with E-state index in [4.69, 9.17) is 4.74 Å². The second kappa shape index (κ2) is 8.23. The number of rotatable bonds is 5. The molecule has 4 heterocycles. The Kier molecular flexibility index (Phi) is 5.69. The molecule has 0 radical (unpaired) electrons. The van der Waals surface area contributed by atoms with Crippen molar-refractivity contribution in [3.05, 3.63) is 28.6 Å². The van der Waals surface area contributed by atoms with E-state index in [2.05, 4.69) is 44.3 Å². The smallest absolute Gasteiger partial charge is 0.223 e. The fourth-order valence-electron chi connectivity index (χ4n) is 4.49. The minimum absolute atomic E-state index is 0.0600. The molecule has 9 heteroatoms. The molecule has 0 spiro atoms. The van der Waals surface area contributed by atoms with Crippen LogP contribution in [0.5, 0.6) is 0 Å². The van der Waals surface area contributed by atoms with Gasteiger partial charge >= 0.3 is 0 Å². The summed E-state index contributed by atoms with van der Waals surface area (Å²) in [5.74, 6) is 1.82. The molecule has 0 unspecified atom stereocenters. The summed E-state index contributed by atoms with van der Waals surface area (Å²) in [6, 6.07) is 0.158. The van der Waals surface area contributed by atoms with Gasteiger partial charge in [0.05, 0.1) is 11.7 Å². The fourth-order valence-corrected chi connectivity index (χ4v) is 4.49. The molecule has 2 aliphatic heterocycles. The Bertz CT molecular complexity index is 868. The minimum atomic E-state index is 0.0600. The van der Waals surface area contributed by atoms with Crippen LogP contribution in [0.2, 0.25) is 0 Å². The van der Waals surface area contributed by atoms with Gasteiger partial charge in [0.2, 0.25) is 5.91 Å². The molecule has 0 aromatic carbocycles. The third kappa shape index (κ3) is 4.20. The molecule has 4 rings (SSSR count). The molecular weight excluding hydrogens is 370 g/mol. The summed E-state index contributed by atoms with van der Waals surface area (Å²) in [5.41, 5.74) is 3.45. The van der Waals surface area contributed by atoms with Gasteiger partial charge in [-0.05, 0) is 40.0 Å². The second-order valence-corrected chi connectivity index (χ2v) is 8.33. The third-order valence-electron chi connectivity index (χ3n) is 6.27. The summed E-state index contributed by atoms with van der Waals surface area (Å²) in [6.45, 7) is 8.96. The summed E-state index contributed by atoms with van der Waals surface area (Å²) in [6.07, 6.45) is 2.42. The van der Waals surface area contributed by atoms with Crippen LogP contribution in [0.25, 0.3) is 0 Å². The Morgan fingerprint density at radius 2 is 2.03 bits per heavy atom. The van der Waals surface area contributed by atoms with Crippen LogP contribution in [-0.2, 0) is 23.1 Å². The van der Waals surface area contributed by atoms with Crippen LogP contribution in [0.4, 0.5) is 0 Å². The monoisotopic (exact) mass is 401 g/mol. The van der Waals surface area contributed by atoms with Gasteiger partial charge in [-0.15, -0.1) is 0 Å². The maximum atomic E-state index is 12.7. The lowest BCUT2D eigenvalue weighted by Crippen LogP contribution is -2.42. The van der Waals surface area contributed by atoms with Crippen LogP contribution >= 0.6 is 0 Å². The molecule has 2 aromatic heterocycles. The Morgan fingerprint density at radius 1 is 1.28 bits per heavy atom. The Labute approximate surface area is 171 Å². The predicted octanol–water partition coefficient (Wildman–Crippen LogP) is 1.32. The summed E-state index contributed by atoms with van der Waals surface area (Å²) >= 11 is 0. The van der Waals surface area contributed by atoms with Crippen LogP contribution < -0.4 is 5.32 Å². The zero-order valence-corrected chi connectivity index (χ0v) is 17.7. The first kappa shape index (κ1) is 20.0. The van der Waals surface area contributed by atoms with Crippen molar-refractivity contribution in [1.29, 1.82) is 0 Å². The highest BCUT2D eigenvalue weighted by molar-refractivity contribution is 5.79. The van der Waals surface area contributed by atoms with Gasteiger partial charge in [0.15, 0.2) is 5.82 Å². The van der Waals surface area contributed by atoms with Crippen molar-refractivity contribution in [2.24, 2.45) is 13.0 Å². The Balaban J connectivity index is 1.50. The van der Waals surface area contributed by atoms with Gasteiger partial charge in [0.1, 0.15) is 5.82 Å². The average molecular weight is 402 g/mol. The number of nitrogens with one attached hydrogen (secondary N) is 2. The quantitative estimate of drug-likeness (QED) is 0.784. The van der Waals surface area contributed by atoms with Crippen molar-refractivity contribution < 1.29 is 9.53 Å². The van der Waals surface area contributed by atoms with Gasteiger partial charge in [-0.3, -0.25) is 19.5 Å². The molecule has 0 aliphatic carbocycles. The van der Waals surface area contributed by atoms with E-state index in [-0.39, 0.29) is 23.9 Å². The summed E-state index contributed by atoms with van der Waals surface area (Å²) in [7, 11) is 1.98. The lowest BCUT2D eigenvalue weighted by Gasteiger charge is -2.24. The van der Waals surface area contributed by atoms with E-state index in [1.54, 1.807) is 0 Å². The van der Waals surface area contributed by atoms with E-state index in [0.717, 1.165) is 49.7 Å². The average Bonchev–Trinajstić information content (AvgIpc) is 3.37. The SMILES string of the molecule is Cc1nc([C@@H]2C[C@H](NC(=O)C3CCOCC3)CN2Cc2c(C)nn(C)c2C)n[nH]1. The number of H-pyrrole nitrogens is 1. The van der Waals surface area contributed by atoms with Gasteiger partial charge in [-0.25, -0.2) is 4.98 Å². The van der Waals surface area contributed by atoms with E-state index in [1.165, 1.54) is 11.3 Å². The molecule has 1 amide bonds. The van der Waals surface area contributed by atoms with E-state index >= 15 is 0 Å². The van der Waals surface area contributed by atoms with E-state index < -0.39 is 0 Å². The van der Waals surface area contributed by atoms with E-state index in [9.17, 15) is 4.79 Å². The number of amides is 1. The number of aromatic nitrogens is 5. The second-order valence-electron chi connectivity index (χ2n) is 8.33. The summed E-state index contributed by atoms with van der Waals surface area (Å²) in [5, 5.41) is 15.2. The fraction of sp³-hybridized carbons (Fsp3) is 0.700. The van der Waals surface area contributed by atoms with Crippen molar-refractivity contribution in [1.82, 2.24) is 35.2 Å². The molecule has 9 nitrogen and oxygen atoms in total. The van der Waals surface area contributed by atoms with E-state index in [0.29, 0.717) is 13.2 Å². The Hall–Kier alpha value is -2.26. The number of carbonyl (C=O) groups is 1. The van der Waals surface area contributed by atoms with Crippen molar-refractivity contribution in [3.63, 3.8) is 0 Å². The summed E-state index contributed by atoms with van der Waals surface area (Å²) in [4.78, 5) is 19.7. The first-order valence-corrected chi connectivity index (χ1v) is 10.4. The topological polar surface area (TPSA) is 101 Å². The van der Waals surface area contributed by atoms with Gasteiger partial charge in [0, 0.05) is 56.6 Å². The first-order chi connectivity index (χ1) is 13.9. The number of aromatic amines is 1. The molecule has 0 saturated carbocycles. The van der Waals surface area contributed by atoms with Gasteiger partial charge < -0.3 is 10.1 Å². The number of likely N-dealkylation sites (tertiary alicyclic amines) is 1. The highest BCUT2D eigenvalue weighted by atomic mass is 16.5. The van der Waals surface area contributed by atoms with Gasteiger partial charge in [-0.1, -0.05) is 0 Å². The lowest BCUT2D eigenvalue weighted by atomic mass is 9.99. The normalized spacial score (nSPS) is 23.6. The maximum absolute atomic E-state index is 12.7. The first-order valence-electron chi connectivity index (χ1n) is 10.4. The van der Waals surface area contributed by atoms with Crippen LogP contribution in [0, 0.1) is 26.7 Å². The standard InChI is InChI=1S/C20H31N7O2/c1-12-17(13(2)26(4)25-12)11-27-10-16(9-18(27)19-21-14(3)23-24-19)22-20(28)15-5-7-29-8-6-15/h15-16,18H,5-11H2,1-4H3,(H,22,28)(H,21,23,24)/t16-,18-/m0/s1. The molecule has 2 atom stereocenters. The molecular formula is C20H31N7O2. The number of hydrogen-bond acceptors (Lipinski definition) is 6. The molecule has 29 heavy (non-hydrogen) atoms. The van der Waals surface area contributed by atoms with E-state index in [1.807, 2.05) is 18.7 Å². The van der Waals surface area contributed by atoms with Gasteiger partial charge in [-0.2, -0.15) is 10.2 Å². The number of hydrogen-bond donors (Lipinski definition) is 2. The largest absolute Gasteiger partial charge is 0.381 e. The van der Waals surface area contributed by atoms with Crippen LogP contribution in [0.15, 0.2) is 0 Å². The number of aryl methyl sites for hydroxylation is 3. The third-order valence-corrected chi connectivity index (χ3v) is 6.27. The molecule has 2 saturated heterocycles. The van der Waals surface area contributed by atoms with Crippen molar-refractivity contribution in [3.8, 4) is 0 Å². The van der Waals surface area contributed by atoms with Gasteiger partial charge in [0.25, 0.3) is 0 Å². The van der Waals surface area contributed by atoms with Crippen molar-refractivity contribution in [2.75, 3.05) is 19.8 Å². The Morgan fingerprint density at radius 3 is 2.66 bits per heavy atom. The van der Waals surface area contributed by atoms with Crippen LogP contribution in [0.1, 0.15) is 53.9 Å².